The Bertz CT molecular complexity index is 554. The van der Waals surface area contributed by atoms with Gasteiger partial charge in [0.1, 0.15) is 5.60 Å². The van der Waals surface area contributed by atoms with Gasteiger partial charge in [0, 0.05) is 13.1 Å². The summed E-state index contributed by atoms with van der Waals surface area (Å²) in [7, 11) is 0. The van der Waals surface area contributed by atoms with Crippen molar-refractivity contribution in [2.24, 2.45) is 5.92 Å². The zero-order valence-electron chi connectivity index (χ0n) is 15.9. The summed E-state index contributed by atoms with van der Waals surface area (Å²) in [6.07, 6.45) is 6.05. The lowest BCUT2D eigenvalue weighted by molar-refractivity contribution is -0.00360. The fraction of sp³-hybridized carbons (Fsp3) is 0.571. The van der Waals surface area contributed by atoms with Gasteiger partial charge in [-0.1, -0.05) is 42.5 Å². The second-order valence-electron chi connectivity index (χ2n) is 7.66. The van der Waals surface area contributed by atoms with E-state index in [1.54, 1.807) is 0 Å². The molecule has 0 saturated carbocycles. The lowest BCUT2D eigenvalue weighted by atomic mass is 9.92. The van der Waals surface area contributed by atoms with Crippen molar-refractivity contribution in [3.05, 3.63) is 42.0 Å². The number of piperidine rings is 1. The summed E-state index contributed by atoms with van der Waals surface area (Å²) in [4.78, 5) is 13.9. The highest BCUT2D eigenvalue weighted by molar-refractivity contribution is 5.68. The minimum Gasteiger partial charge on any atom is -0.444 e. The molecule has 1 unspecified atom stereocenters. The van der Waals surface area contributed by atoms with Crippen LogP contribution < -0.4 is 0 Å². The topological polar surface area (TPSA) is 38.8 Å². The van der Waals surface area contributed by atoms with E-state index in [4.69, 9.17) is 9.47 Å². The molecule has 25 heavy (non-hydrogen) atoms. The molecule has 1 aliphatic heterocycles. The summed E-state index contributed by atoms with van der Waals surface area (Å²) < 4.78 is 11.4. The monoisotopic (exact) mass is 345 g/mol. The van der Waals surface area contributed by atoms with Crippen molar-refractivity contribution in [3.63, 3.8) is 0 Å². The Labute approximate surface area is 151 Å². The van der Waals surface area contributed by atoms with Crippen LogP contribution in [0, 0.1) is 5.92 Å². The minimum atomic E-state index is -0.435. The normalized spacial score (nSPS) is 17.7. The Balaban J connectivity index is 1.69. The van der Waals surface area contributed by atoms with Gasteiger partial charge in [-0.15, -0.1) is 0 Å². The fourth-order valence-electron chi connectivity index (χ4n) is 2.97. The molecule has 4 nitrogen and oxygen atoms in total. The largest absolute Gasteiger partial charge is 0.444 e. The molecule has 1 aromatic carbocycles. The Morgan fingerprint density at radius 1 is 1.24 bits per heavy atom. The highest BCUT2D eigenvalue weighted by Gasteiger charge is 2.29. The maximum Gasteiger partial charge on any atom is 0.410 e. The maximum atomic E-state index is 12.1. The van der Waals surface area contributed by atoms with Crippen LogP contribution in [0.25, 0.3) is 6.08 Å². The van der Waals surface area contributed by atoms with Gasteiger partial charge >= 0.3 is 6.09 Å². The predicted molar refractivity (Wildman–Crippen MR) is 101 cm³/mol. The molecule has 0 spiro atoms. The molecule has 1 aromatic rings. The maximum absolute atomic E-state index is 12.1. The molecule has 1 heterocycles. The number of nitrogens with zero attached hydrogens (tertiary/aromatic N) is 1. The van der Waals surface area contributed by atoms with Crippen LogP contribution in [0.15, 0.2) is 36.4 Å². The smallest absolute Gasteiger partial charge is 0.410 e. The number of carbonyl (C=O) groups is 1. The van der Waals surface area contributed by atoms with Crippen molar-refractivity contribution in [1.29, 1.82) is 0 Å². The molecule has 0 aromatic heterocycles. The summed E-state index contributed by atoms with van der Waals surface area (Å²) >= 11 is 0. The van der Waals surface area contributed by atoms with Gasteiger partial charge in [-0.2, -0.15) is 0 Å². The van der Waals surface area contributed by atoms with Crippen molar-refractivity contribution in [2.75, 3.05) is 19.7 Å². The molecule has 1 atom stereocenters. The number of ether oxygens (including phenoxy) is 2. The Morgan fingerprint density at radius 2 is 1.88 bits per heavy atom. The van der Waals surface area contributed by atoms with Gasteiger partial charge in [0.15, 0.2) is 0 Å². The summed E-state index contributed by atoms with van der Waals surface area (Å²) in [6, 6.07) is 10.2. The first-order chi connectivity index (χ1) is 11.8. The number of hydrogen-bond donors (Lipinski definition) is 0. The van der Waals surface area contributed by atoms with E-state index in [0.717, 1.165) is 25.9 Å². The average Bonchev–Trinajstić information content (AvgIpc) is 2.58. The molecule has 1 amide bonds. The number of amides is 1. The van der Waals surface area contributed by atoms with E-state index in [1.807, 2.05) is 43.9 Å². The van der Waals surface area contributed by atoms with Gasteiger partial charge in [0.25, 0.3) is 0 Å². The number of rotatable bonds is 5. The highest BCUT2D eigenvalue weighted by Crippen LogP contribution is 2.24. The first-order valence-electron chi connectivity index (χ1n) is 9.16. The highest BCUT2D eigenvalue weighted by atomic mass is 16.6. The Morgan fingerprint density at radius 3 is 2.48 bits per heavy atom. The van der Waals surface area contributed by atoms with Gasteiger partial charge in [0.05, 0.1) is 12.7 Å². The molecule has 4 heteroatoms. The second kappa shape index (κ2) is 9.04. The van der Waals surface area contributed by atoms with Crippen molar-refractivity contribution >= 4 is 12.2 Å². The summed E-state index contributed by atoms with van der Waals surface area (Å²) in [6.45, 7) is 9.93. The molecule has 0 N–H and O–H groups in total. The molecule has 1 saturated heterocycles. The molecule has 1 fully saturated rings. The molecule has 138 valence electrons. The second-order valence-corrected chi connectivity index (χ2v) is 7.66. The third-order valence-electron chi connectivity index (χ3n) is 4.42. The van der Waals surface area contributed by atoms with Crippen LogP contribution in [0.2, 0.25) is 0 Å². The van der Waals surface area contributed by atoms with E-state index < -0.39 is 5.60 Å². The van der Waals surface area contributed by atoms with E-state index in [-0.39, 0.29) is 12.2 Å². The minimum absolute atomic E-state index is 0.196. The summed E-state index contributed by atoms with van der Waals surface area (Å²) in [5.41, 5.74) is 0.750. The van der Waals surface area contributed by atoms with E-state index in [0.29, 0.717) is 12.5 Å². The summed E-state index contributed by atoms with van der Waals surface area (Å²) in [5, 5.41) is 0. The van der Waals surface area contributed by atoms with E-state index in [1.165, 1.54) is 5.56 Å². The summed E-state index contributed by atoms with van der Waals surface area (Å²) in [5.74, 6) is 0.490. The fourth-order valence-corrected chi connectivity index (χ4v) is 2.97. The van der Waals surface area contributed by atoms with Crippen LogP contribution in [0.4, 0.5) is 4.79 Å². The van der Waals surface area contributed by atoms with Gasteiger partial charge in [-0.05, 0) is 52.0 Å². The first-order valence-corrected chi connectivity index (χ1v) is 9.16. The number of benzene rings is 1. The van der Waals surface area contributed by atoms with Crippen LogP contribution in [0.5, 0.6) is 0 Å². The van der Waals surface area contributed by atoms with Crippen LogP contribution in [-0.2, 0) is 9.47 Å². The standard InChI is InChI=1S/C21H31NO3/c1-17(24-16-8-11-18-9-6-5-7-10-18)19-12-14-22(15-13-19)20(23)25-21(2,3)4/h5-11,17,19H,12-16H2,1-4H3/b11-8-. The molecule has 1 aliphatic rings. The van der Waals surface area contributed by atoms with Crippen molar-refractivity contribution < 1.29 is 14.3 Å². The lowest BCUT2D eigenvalue weighted by Crippen LogP contribution is -2.43. The third-order valence-corrected chi connectivity index (χ3v) is 4.42. The van der Waals surface area contributed by atoms with Crippen molar-refractivity contribution in [3.8, 4) is 0 Å². The van der Waals surface area contributed by atoms with Crippen molar-refractivity contribution in [2.45, 2.75) is 52.2 Å². The van der Waals surface area contributed by atoms with Crippen LogP contribution in [0.1, 0.15) is 46.1 Å². The van der Waals surface area contributed by atoms with E-state index in [2.05, 4.69) is 31.2 Å². The zero-order valence-corrected chi connectivity index (χ0v) is 15.9. The molecule has 0 bridgehead atoms. The number of likely N-dealkylation sites (tertiary alicyclic amines) is 1. The van der Waals surface area contributed by atoms with Gasteiger partial charge in [0.2, 0.25) is 0 Å². The zero-order chi connectivity index (χ0) is 18.3. The third kappa shape index (κ3) is 6.91. The molecule has 2 rings (SSSR count). The average molecular weight is 345 g/mol. The lowest BCUT2D eigenvalue weighted by Gasteiger charge is -2.35. The van der Waals surface area contributed by atoms with Crippen LogP contribution >= 0.6 is 0 Å². The molecular formula is C21H31NO3. The molecular weight excluding hydrogens is 314 g/mol. The van der Waals surface area contributed by atoms with Gasteiger partial charge in [-0.25, -0.2) is 4.79 Å². The molecule has 0 aliphatic carbocycles. The van der Waals surface area contributed by atoms with E-state index in [9.17, 15) is 4.79 Å². The predicted octanol–water partition coefficient (Wildman–Crippen LogP) is 4.75. The first kappa shape index (κ1) is 19.5. The van der Waals surface area contributed by atoms with Gasteiger partial charge < -0.3 is 14.4 Å². The van der Waals surface area contributed by atoms with Gasteiger partial charge in [-0.3, -0.25) is 0 Å². The Kier molecular flexibility index (Phi) is 7.06. The van der Waals surface area contributed by atoms with E-state index >= 15 is 0 Å². The molecule has 0 radical (unpaired) electrons. The number of hydrogen-bond acceptors (Lipinski definition) is 3. The van der Waals surface area contributed by atoms with Crippen LogP contribution in [-0.4, -0.2) is 42.4 Å². The Hall–Kier alpha value is -1.81. The van der Waals surface area contributed by atoms with Crippen molar-refractivity contribution in [1.82, 2.24) is 4.90 Å². The quantitative estimate of drug-likeness (QED) is 0.773. The van der Waals surface area contributed by atoms with Crippen LogP contribution in [0.3, 0.4) is 0 Å². The SMILES string of the molecule is CC(OC/C=C\c1ccccc1)C1CCN(C(=O)OC(C)(C)C)CC1. The number of carbonyl (C=O) groups excluding carboxylic acids is 1.